The van der Waals surface area contributed by atoms with Crippen molar-refractivity contribution in [3.05, 3.63) is 29.3 Å². The molecule has 0 saturated carbocycles. The summed E-state index contributed by atoms with van der Waals surface area (Å²) in [6, 6.07) is 5.86. The number of aryl methyl sites for hydroxylation is 2. The lowest BCUT2D eigenvalue weighted by Crippen LogP contribution is -2.34. The van der Waals surface area contributed by atoms with Gasteiger partial charge in [-0.25, -0.2) is 0 Å². The average Bonchev–Trinajstić information content (AvgIpc) is 2.53. The van der Waals surface area contributed by atoms with Crippen LogP contribution in [0.15, 0.2) is 18.2 Å². The predicted molar refractivity (Wildman–Crippen MR) is 100 cm³/mol. The van der Waals surface area contributed by atoms with E-state index in [2.05, 4.69) is 0 Å². The first kappa shape index (κ1) is 21.7. The Hall–Kier alpha value is -2.37. The molecule has 6 heteroatoms. The quantitative estimate of drug-likeness (QED) is 0.659. The number of hydrogen-bond donors (Lipinski definition) is 2. The van der Waals surface area contributed by atoms with Gasteiger partial charge in [-0.1, -0.05) is 12.1 Å². The molecule has 0 fully saturated rings. The van der Waals surface area contributed by atoms with Crippen molar-refractivity contribution in [2.24, 2.45) is 5.41 Å². The molecule has 1 rings (SSSR count). The van der Waals surface area contributed by atoms with Crippen LogP contribution in [0.3, 0.4) is 0 Å². The van der Waals surface area contributed by atoms with Crippen LogP contribution >= 0.6 is 0 Å². The maximum absolute atomic E-state index is 12.7. The second kappa shape index (κ2) is 9.36. The lowest BCUT2D eigenvalue weighted by atomic mass is 9.88. The van der Waals surface area contributed by atoms with Gasteiger partial charge >= 0.3 is 11.9 Å². The number of rotatable bonds is 10. The van der Waals surface area contributed by atoms with E-state index in [1.165, 1.54) is 0 Å². The van der Waals surface area contributed by atoms with Crippen LogP contribution in [0.25, 0.3) is 0 Å². The van der Waals surface area contributed by atoms with Crippen molar-refractivity contribution in [2.45, 2.75) is 59.8 Å². The fraction of sp³-hybridized carbons (Fsp3) is 0.550. The van der Waals surface area contributed by atoms with E-state index >= 15 is 0 Å². The number of carboxylic acid groups (broad SMARTS) is 2. The number of benzene rings is 1. The van der Waals surface area contributed by atoms with Gasteiger partial charge in [0.25, 0.3) is 0 Å². The van der Waals surface area contributed by atoms with Gasteiger partial charge in [0.1, 0.15) is 0 Å². The highest BCUT2D eigenvalue weighted by Crippen LogP contribution is 2.26. The molecule has 0 spiro atoms. The van der Waals surface area contributed by atoms with E-state index in [9.17, 15) is 19.5 Å². The van der Waals surface area contributed by atoms with Crippen molar-refractivity contribution in [1.29, 1.82) is 0 Å². The highest BCUT2D eigenvalue weighted by Gasteiger charge is 2.27. The van der Waals surface area contributed by atoms with Gasteiger partial charge in [0.2, 0.25) is 5.91 Å². The van der Waals surface area contributed by atoms with Gasteiger partial charge in [-0.15, -0.1) is 0 Å². The van der Waals surface area contributed by atoms with Gasteiger partial charge in [-0.05, 0) is 64.2 Å². The SMILES string of the molecule is Cc1ccc(C)c(N(CCCC(C)(C)C(=O)O)C(=O)CCCC(=O)O)c1. The molecule has 1 amide bonds. The molecule has 1 aromatic rings. The first-order valence-electron chi connectivity index (χ1n) is 8.87. The molecule has 0 unspecified atom stereocenters. The standard InChI is InChI=1S/C20H29NO5/c1-14-9-10-15(2)16(13-14)21(17(22)7-5-8-18(23)24)12-6-11-20(3,4)19(25)26/h9-10,13H,5-8,11-12H2,1-4H3,(H,23,24)(H,25,26). The monoisotopic (exact) mass is 363 g/mol. The number of carbonyl (C=O) groups excluding carboxylic acids is 1. The zero-order valence-corrected chi connectivity index (χ0v) is 16.0. The summed E-state index contributed by atoms with van der Waals surface area (Å²) in [5.41, 5.74) is 1.94. The zero-order valence-electron chi connectivity index (χ0n) is 16.0. The predicted octanol–water partition coefficient (Wildman–Crippen LogP) is 3.78. The molecule has 0 aromatic heterocycles. The van der Waals surface area contributed by atoms with E-state index < -0.39 is 17.4 Å². The maximum Gasteiger partial charge on any atom is 0.309 e. The Morgan fingerprint density at radius 2 is 1.69 bits per heavy atom. The fourth-order valence-corrected chi connectivity index (χ4v) is 2.70. The highest BCUT2D eigenvalue weighted by atomic mass is 16.4. The Morgan fingerprint density at radius 1 is 1.04 bits per heavy atom. The minimum absolute atomic E-state index is 0.0432. The number of carbonyl (C=O) groups is 3. The molecule has 144 valence electrons. The Bertz CT molecular complexity index is 666. The number of amides is 1. The van der Waals surface area contributed by atoms with E-state index in [0.717, 1.165) is 16.8 Å². The lowest BCUT2D eigenvalue weighted by Gasteiger charge is -2.27. The third-order valence-electron chi connectivity index (χ3n) is 4.50. The summed E-state index contributed by atoms with van der Waals surface area (Å²) >= 11 is 0. The summed E-state index contributed by atoms with van der Waals surface area (Å²) in [6.07, 6.45) is 1.40. The van der Waals surface area contributed by atoms with Crippen molar-refractivity contribution in [1.82, 2.24) is 0 Å². The first-order valence-corrected chi connectivity index (χ1v) is 8.87. The number of anilines is 1. The van der Waals surface area contributed by atoms with E-state index in [-0.39, 0.29) is 25.2 Å². The van der Waals surface area contributed by atoms with Gasteiger partial charge in [0.15, 0.2) is 0 Å². The molecule has 0 radical (unpaired) electrons. The van der Waals surface area contributed by atoms with E-state index in [1.807, 2.05) is 32.0 Å². The molecule has 0 saturated heterocycles. The molecule has 0 aliphatic heterocycles. The Labute approximate surface area is 154 Å². The lowest BCUT2D eigenvalue weighted by molar-refractivity contribution is -0.147. The summed E-state index contributed by atoms with van der Waals surface area (Å²) in [6.45, 7) is 7.63. The van der Waals surface area contributed by atoms with Crippen molar-refractivity contribution >= 4 is 23.5 Å². The van der Waals surface area contributed by atoms with Crippen molar-refractivity contribution in [2.75, 3.05) is 11.4 Å². The molecule has 26 heavy (non-hydrogen) atoms. The smallest absolute Gasteiger partial charge is 0.309 e. The van der Waals surface area contributed by atoms with Gasteiger partial charge in [-0.2, -0.15) is 0 Å². The molecular weight excluding hydrogens is 334 g/mol. The van der Waals surface area contributed by atoms with Crippen LogP contribution in [0.5, 0.6) is 0 Å². The molecule has 0 aliphatic rings. The summed E-state index contributed by atoms with van der Waals surface area (Å²) in [4.78, 5) is 36.3. The molecule has 0 heterocycles. The second-order valence-corrected chi connectivity index (χ2v) is 7.38. The van der Waals surface area contributed by atoms with Crippen molar-refractivity contribution < 1.29 is 24.6 Å². The first-order chi connectivity index (χ1) is 12.0. The van der Waals surface area contributed by atoms with Crippen LogP contribution in [0.4, 0.5) is 5.69 Å². The van der Waals surface area contributed by atoms with Gasteiger partial charge in [0.05, 0.1) is 5.41 Å². The summed E-state index contributed by atoms with van der Waals surface area (Å²) < 4.78 is 0. The van der Waals surface area contributed by atoms with Crippen LogP contribution in [0, 0.1) is 19.3 Å². The number of carboxylic acids is 2. The van der Waals surface area contributed by atoms with Gasteiger partial charge < -0.3 is 15.1 Å². The molecule has 0 atom stereocenters. The topological polar surface area (TPSA) is 94.9 Å². The van der Waals surface area contributed by atoms with Crippen LogP contribution in [0.2, 0.25) is 0 Å². The van der Waals surface area contributed by atoms with Crippen LogP contribution in [0.1, 0.15) is 57.1 Å². The average molecular weight is 363 g/mol. The maximum atomic E-state index is 12.7. The van der Waals surface area contributed by atoms with Crippen LogP contribution in [-0.4, -0.2) is 34.6 Å². The Kier molecular flexibility index (Phi) is 7.80. The third-order valence-corrected chi connectivity index (χ3v) is 4.50. The molecule has 2 N–H and O–H groups in total. The molecular formula is C20H29NO5. The van der Waals surface area contributed by atoms with Crippen LogP contribution in [-0.2, 0) is 14.4 Å². The van der Waals surface area contributed by atoms with E-state index in [1.54, 1.807) is 18.7 Å². The fourth-order valence-electron chi connectivity index (χ4n) is 2.70. The number of hydrogen-bond acceptors (Lipinski definition) is 3. The minimum Gasteiger partial charge on any atom is -0.481 e. The molecule has 0 aliphatic carbocycles. The van der Waals surface area contributed by atoms with Gasteiger partial charge in [0, 0.05) is 25.1 Å². The summed E-state index contributed by atoms with van der Waals surface area (Å²) in [5.74, 6) is -1.91. The van der Waals surface area contributed by atoms with E-state index in [4.69, 9.17) is 5.11 Å². The van der Waals surface area contributed by atoms with Gasteiger partial charge in [-0.3, -0.25) is 14.4 Å². The zero-order chi connectivity index (χ0) is 19.9. The van der Waals surface area contributed by atoms with Crippen LogP contribution < -0.4 is 4.90 Å². The third kappa shape index (κ3) is 6.50. The Balaban J connectivity index is 2.91. The normalized spacial score (nSPS) is 11.2. The van der Waals surface area contributed by atoms with Crippen molar-refractivity contribution in [3.8, 4) is 0 Å². The second-order valence-electron chi connectivity index (χ2n) is 7.38. The summed E-state index contributed by atoms with van der Waals surface area (Å²) in [5, 5.41) is 18.0. The molecule has 6 nitrogen and oxygen atoms in total. The molecule has 1 aromatic carbocycles. The molecule has 0 bridgehead atoms. The Morgan fingerprint density at radius 3 is 2.27 bits per heavy atom. The van der Waals surface area contributed by atoms with Crippen molar-refractivity contribution in [3.63, 3.8) is 0 Å². The number of aliphatic carboxylic acids is 2. The largest absolute Gasteiger partial charge is 0.481 e. The highest BCUT2D eigenvalue weighted by molar-refractivity contribution is 5.94. The summed E-state index contributed by atoms with van der Waals surface area (Å²) in [7, 11) is 0. The minimum atomic E-state index is -0.917. The van der Waals surface area contributed by atoms with E-state index in [0.29, 0.717) is 19.4 Å². The number of nitrogens with zero attached hydrogens (tertiary/aromatic N) is 1.